The van der Waals surface area contributed by atoms with E-state index in [9.17, 15) is 13.2 Å². The molecule has 112 valence electrons. The van der Waals surface area contributed by atoms with Crippen LogP contribution in [-0.2, 0) is 23.6 Å². The van der Waals surface area contributed by atoms with E-state index >= 15 is 0 Å². The molecule has 0 fully saturated rings. The molecule has 0 bridgehead atoms. The predicted octanol–water partition coefficient (Wildman–Crippen LogP) is 0.905. The van der Waals surface area contributed by atoms with Crippen molar-refractivity contribution in [2.75, 3.05) is 0 Å². The lowest BCUT2D eigenvalue weighted by molar-refractivity contribution is 0.0696. The van der Waals surface area contributed by atoms with E-state index in [1.807, 2.05) is 0 Å². The summed E-state index contributed by atoms with van der Waals surface area (Å²) in [7, 11) is -1.93. The molecule has 0 aliphatic heterocycles. The lowest BCUT2D eigenvalue weighted by atomic mass is 10.2. The number of nitrogens with zero attached hydrogens (tertiary/aromatic N) is 2. The van der Waals surface area contributed by atoms with Crippen molar-refractivity contribution >= 4 is 16.0 Å². The van der Waals surface area contributed by atoms with Crippen molar-refractivity contribution in [2.45, 2.75) is 18.4 Å². The number of carbonyl (C=O) groups is 1. The van der Waals surface area contributed by atoms with Crippen LogP contribution in [-0.4, -0.2) is 29.3 Å². The standard InChI is InChI=1S/C13H15N3O4S/c1-9-11(8-16(2)15-9)7-14-21(19,20)12-5-3-10(4-6-12)13(17)18/h3-6,8,14H,7H2,1-2H3,(H,17,18). The van der Waals surface area contributed by atoms with Crippen LogP contribution in [0.2, 0.25) is 0 Å². The molecule has 21 heavy (non-hydrogen) atoms. The quantitative estimate of drug-likeness (QED) is 0.854. The summed E-state index contributed by atoms with van der Waals surface area (Å²) in [4.78, 5) is 10.8. The Morgan fingerprint density at radius 1 is 1.33 bits per heavy atom. The van der Waals surface area contributed by atoms with Crippen LogP contribution in [0.25, 0.3) is 0 Å². The molecule has 1 aromatic carbocycles. The van der Waals surface area contributed by atoms with E-state index in [4.69, 9.17) is 5.11 Å². The summed E-state index contributed by atoms with van der Waals surface area (Å²) in [5.74, 6) is -1.10. The Morgan fingerprint density at radius 2 is 1.95 bits per heavy atom. The number of sulfonamides is 1. The molecule has 2 rings (SSSR count). The van der Waals surface area contributed by atoms with E-state index in [1.165, 1.54) is 24.3 Å². The third-order valence-electron chi connectivity index (χ3n) is 2.98. The van der Waals surface area contributed by atoms with E-state index in [0.29, 0.717) is 0 Å². The van der Waals surface area contributed by atoms with Gasteiger partial charge in [0.1, 0.15) is 0 Å². The highest BCUT2D eigenvalue weighted by molar-refractivity contribution is 7.89. The van der Waals surface area contributed by atoms with E-state index in [-0.39, 0.29) is 17.0 Å². The molecular weight excluding hydrogens is 294 g/mol. The molecule has 0 unspecified atom stereocenters. The lowest BCUT2D eigenvalue weighted by Crippen LogP contribution is -2.23. The maximum absolute atomic E-state index is 12.1. The molecule has 1 aromatic heterocycles. The summed E-state index contributed by atoms with van der Waals surface area (Å²) in [6.07, 6.45) is 1.74. The number of hydrogen-bond acceptors (Lipinski definition) is 4. The first-order valence-electron chi connectivity index (χ1n) is 6.12. The second-order valence-corrected chi connectivity index (χ2v) is 6.33. The van der Waals surface area contributed by atoms with Gasteiger partial charge in [0.25, 0.3) is 0 Å². The number of aryl methyl sites for hydroxylation is 2. The number of carboxylic acids is 1. The second kappa shape index (κ2) is 5.66. The molecule has 7 nitrogen and oxygen atoms in total. The summed E-state index contributed by atoms with van der Waals surface area (Å²) in [6, 6.07) is 5.04. The Hall–Kier alpha value is -2.19. The van der Waals surface area contributed by atoms with E-state index in [2.05, 4.69) is 9.82 Å². The van der Waals surface area contributed by atoms with Gasteiger partial charge in [-0.25, -0.2) is 17.9 Å². The van der Waals surface area contributed by atoms with Gasteiger partial charge in [-0.1, -0.05) is 0 Å². The van der Waals surface area contributed by atoms with Gasteiger partial charge in [0.05, 0.1) is 16.2 Å². The fourth-order valence-corrected chi connectivity index (χ4v) is 2.86. The van der Waals surface area contributed by atoms with Crippen molar-refractivity contribution in [3.8, 4) is 0 Å². The van der Waals surface area contributed by atoms with Gasteiger partial charge in [0, 0.05) is 25.4 Å². The Bertz CT molecular complexity index is 763. The van der Waals surface area contributed by atoms with Crippen molar-refractivity contribution in [3.05, 3.63) is 47.3 Å². The molecule has 0 aliphatic rings. The minimum atomic E-state index is -3.69. The van der Waals surface area contributed by atoms with Gasteiger partial charge >= 0.3 is 5.97 Å². The second-order valence-electron chi connectivity index (χ2n) is 4.57. The molecule has 0 radical (unpaired) electrons. The third-order valence-corrected chi connectivity index (χ3v) is 4.40. The van der Waals surface area contributed by atoms with Crippen LogP contribution in [0.4, 0.5) is 0 Å². The monoisotopic (exact) mass is 309 g/mol. The normalized spacial score (nSPS) is 11.5. The molecular formula is C13H15N3O4S. The Labute approximate surface area is 122 Å². The largest absolute Gasteiger partial charge is 0.478 e. The van der Waals surface area contributed by atoms with Crippen molar-refractivity contribution in [1.29, 1.82) is 0 Å². The summed E-state index contributed by atoms with van der Waals surface area (Å²) in [5, 5.41) is 12.9. The van der Waals surface area contributed by atoms with Crippen molar-refractivity contribution in [3.63, 3.8) is 0 Å². The van der Waals surface area contributed by atoms with Crippen LogP contribution >= 0.6 is 0 Å². The number of rotatable bonds is 5. The number of aromatic nitrogens is 2. The van der Waals surface area contributed by atoms with Crippen LogP contribution in [0.15, 0.2) is 35.4 Å². The van der Waals surface area contributed by atoms with Gasteiger partial charge < -0.3 is 5.11 Å². The van der Waals surface area contributed by atoms with Gasteiger partial charge in [-0.05, 0) is 31.2 Å². The highest BCUT2D eigenvalue weighted by Gasteiger charge is 2.15. The van der Waals surface area contributed by atoms with E-state index in [0.717, 1.165) is 11.3 Å². The Morgan fingerprint density at radius 3 is 2.43 bits per heavy atom. The Balaban J connectivity index is 2.14. The number of hydrogen-bond donors (Lipinski definition) is 2. The SMILES string of the molecule is Cc1nn(C)cc1CNS(=O)(=O)c1ccc(C(=O)O)cc1. The minimum absolute atomic E-state index is 0.0223. The molecule has 2 N–H and O–H groups in total. The van der Waals surface area contributed by atoms with Crippen LogP contribution < -0.4 is 4.72 Å². The molecule has 2 aromatic rings. The molecule has 0 spiro atoms. The summed E-state index contributed by atoms with van der Waals surface area (Å²) in [5.41, 5.74) is 1.57. The van der Waals surface area contributed by atoms with Crippen LogP contribution in [0, 0.1) is 6.92 Å². The molecule has 0 amide bonds. The van der Waals surface area contributed by atoms with Crippen LogP contribution in [0.5, 0.6) is 0 Å². The average Bonchev–Trinajstić information content (AvgIpc) is 2.75. The Kier molecular flexibility index (Phi) is 4.10. The molecule has 0 atom stereocenters. The first-order chi connectivity index (χ1) is 9.79. The smallest absolute Gasteiger partial charge is 0.335 e. The van der Waals surface area contributed by atoms with Crippen molar-refractivity contribution < 1.29 is 18.3 Å². The molecule has 0 saturated carbocycles. The highest BCUT2D eigenvalue weighted by atomic mass is 32.2. The molecule has 0 saturated heterocycles. The maximum Gasteiger partial charge on any atom is 0.335 e. The zero-order valence-electron chi connectivity index (χ0n) is 11.6. The minimum Gasteiger partial charge on any atom is -0.478 e. The zero-order chi connectivity index (χ0) is 15.6. The first kappa shape index (κ1) is 15.2. The summed E-state index contributed by atoms with van der Waals surface area (Å²) in [6.45, 7) is 1.92. The van der Waals surface area contributed by atoms with Crippen molar-refractivity contribution in [2.24, 2.45) is 7.05 Å². The fourth-order valence-electron chi connectivity index (χ4n) is 1.85. The lowest BCUT2D eigenvalue weighted by Gasteiger charge is -2.06. The van der Waals surface area contributed by atoms with Crippen LogP contribution in [0.3, 0.4) is 0 Å². The van der Waals surface area contributed by atoms with Crippen molar-refractivity contribution in [1.82, 2.24) is 14.5 Å². The number of carboxylic acid groups (broad SMARTS) is 1. The third kappa shape index (κ3) is 3.47. The van der Waals surface area contributed by atoms with Gasteiger partial charge in [-0.15, -0.1) is 0 Å². The van der Waals surface area contributed by atoms with Gasteiger partial charge in [0.2, 0.25) is 10.0 Å². The fraction of sp³-hybridized carbons (Fsp3) is 0.231. The van der Waals surface area contributed by atoms with E-state index in [1.54, 1.807) is 24.9 Å². The number of benzene rings is 1. The van der Waals surface area contributed by atoms with Crippen LogP contribution in [0.1, 0.15) is 21.6 Å². The van der Waals surface area contributed by atoms with Gasteiger partial charge in [-0.3, -0.25) is 4.68 Å². The summed E-state index contributed by atoms with van der Waals surface area (Å²) >= 11 is 0. The first-order valence-corrected chi connectivity index (χ1v) is 7.60. The highest BCUT2D eigenvalue weighted by Crippen LogP contribution is 2.12. The zero-order valence-corrected chi connectivity index (χ0v) is 12.4. The predicted molar refractivity (Wildman–Crippen MR) is 75.4 cm³/mol. The molecule has 8 heteroatoms. The van der Waals surface area contributed by atoms with Gasteiger partial charge in [0.15, 0.2) is 0 Å². The average molecular weight is 309 g/mol. The maximum atomic E-state index is 12.1. The van der Waals surface area contributed by atoms with Gasteiger partial charge in [-0.2, -0.15) is 5.10 Å². The van der Waals surface area contributed by atoms with E-state index < -0.39 is 16.0 Å². The number of nitrogens with one attached hydrogen (secondary N) is 1. The summed E-state index contributed by atoms with van der Waals surface area (Å²) < 4.78 is 28.3. The topological polar surface area (TPSA) is 101 Å². The molecule has 0 aliphatic carbocycles. The number of aromatic carboxylic acids is 1. The molecule has 1 heterocycles.